The number of amides is 1. The minimum Gasteiger partial charge on any atom is -0.442 e. The molecule has 2 aliphatic carbocycles. The maximum Gasteiger partial charge on any atom is 0.253 e. The Kier molecular flexibility index (Phi) is 3.16. The Labute approximate surface area is 139 Å². The van der Waals surface area contributed by atoms with Crippen LogP contribution in [0.15, 0.2) is 4.42 Å². The Balaban J connectivity index is 1.93. The van der Waals surface area contributed by atoms with Crippen molar-refractivity contribution in [3.05, 3.63) is 17.1 Å². The second-order valence-electron chi connectivity index (χ2n) is 7.45. The van der Waals surface area contributed by atoms with Crippen LogP contribution in [0.2, 0.25) is 0 Å². The molecule has 2 heterocycles. The molecule has 128 valence electrons. The van der Waals surface area contributed by atoms with Crippen LogP contribution < -0.4 is 11.1 Å². The number of carbonyl (C=O) groups is 1. The number of nitrogens with two attached hydrogens (primary N) is 1. The molecule has 0 aromatic carbocycles. The van der Waals surface area contributed by atoms with Gasteiger partial charge in [-0.1, -0.05) is 6.42 Å². The van der Waals surface area contributed by atoms with Gasteiger partial charge in [0.25, 0.3) is 5.91 Å². The first-order valence-electron chi connectivity index (χ1n) is 8.38. The number of anilines is 1. The van der Waals surface area contributed by atoms with E-state index < -0.39 is 11.3 Å². The highest BCUT2D eigenvalue weighted by molar-refractivity contribution is 6.09. The molecule has 0 unspecified atom stereocenters. The van der Waals surface area contributed by atoms with E-state index in [1.165, 1.54) is 0 Å². The van der Waals surface area contributed by atoms with Crippen LogP contribution in [0, 0.1) is 6.92 Å². The van der Waals surface area contributed by atoms with Gasteiger partial charge >= 0.3 is 0 Å². The number of rotatable bonds is 5. The molecule has 2 fully saturated rings. The van der Waals surface area contributed by atoms with Crippen molar-refractivity contribution in [2.24, 2.45) is 5.73 Å². The monoisotopic (exact) mass is 330 g/mol. The smallest absolute Gasteiger partial charge is 0.253 e. The minimum absolute atomic E-state index is 0.0115. The van der Waals surface area contributed by atoms with Gasteiger partial charge in [-0.2, -0.15) is 4.98 Å². The van der Waals surface area contributed by atoms with E-state index in [0.717, 1.165) is 32.1 Å². The number of aryl methyl sites for hydroxylation is 1. The largest absolute Gasteiger partial charge is 0.442 e. The first-order chi connectivity index (χ1) is 11.4. The van der Waals surface area contributed by atoms with Gasteiger partial charge in [-0.15, -0.1) is 0 Å². The predicted octanol–water partition coefficient (Wildman–Crippen LogP) is 2.01. The molecule has 4 N–H and O–H groups in total. The van der Waals surface area contributed by atoms with E-state index in [-0.39, 0.29) is 12.1 Å². The van der Waals surface area contributed by atoms with Crippen LogP contribution in [0.25, 0.3) is 11.1 Å². The van der Waals surface area contributed by atoms with E-state index >= 15 is 0 Å². The fourth-order valence-electron chi connectivity index (χ4n) is 3.39. The molecule has 0 atom stereocenters. The number of nitrogens with one attached hydrogen (secondary N) is 1. The number of aromatic nitrogens is 2. The van der Waals surface area contributed by atoms with Crippen LogP contribution >= 0.6 is 0 Å². The number of aliphatic hydroxyl groups is 1. The lowest BCUT2D eigenvalue weighted by Gasteiger charge is -2.38. The molecule has 2 aromatic rings. The lowest BCUT2D eigenvalue weighted by molar-refractivity contribution is 0.1000. The SMILES string of the molecule is Cc1oc2nc(C3(CO)CCC3)nc(NC3(C)CC3)c2c1C(N)=O. The number of aliphatic hydroxyl groups excluding tert-OH is 1. The fourth-order valence-corrected chi connectivity index (χ4v) is 3.39. The van der Waals surface area contributed by atoms with Gasteiger partial charge in [-0.3, -0.25) is 4.79 Å². The normalized spacial score (nSPS) is 20.6. The summed E-state index contributed by atoms with van der Waals surface area (Å²) in [6.45, 7) is 3.83. The second kappa shape index (κ2) is 4.92. The Bertz CT molecular complexity index is 828. The summed E-state index contributed by atoms with van der Waals surface area (Å²) in [6, 6.07) is 0. The van der Waals surface area contributed by atoms with Gasteiger partial charge in [0.1, 0.15) is 17.4 Å². The van der Waals surface area contributed by atoms with Crippen molar-refractivity contribution in [3.63, 3.8) is 0 Å². The third-order valence-corrected chi connectivity index (χ3v) is 5.48. The average Bonchev–Trinajstić information content (AvgIpc) is 3.07. The Hall–Kier alpha value is -2.15. The fraction of sp³-hybridized carbons (Fsp3) is 0.588. The molecular formula is C17H22N4O3. The molecular weight excluding hydrogens is 308 g/mol. The van der Waals surface area contributed by atoms with Crippen LogP contribution in [-0.4, -0.2) is 33.1 Å². The Morgan fingerprint density at radius 1 is 1.33 bits per heavy atom. The number of carbonyl (C=O) groups excluding carboxylic acids is 1. The standard InChI is InChI=1S/C17H22N4O3/c1-9-10(12(18)23)11-13(21-16(2)6-7-16)19-15(20-14(11)24-9)17(8-22)4-3-5-17/h22H,3-8H2,1-2H3,(H2,18,23)(H,19,20,21). The van der Waals surface area contributed by atoms with Crippen LogP contribution in [0.4, 0.5) is 5.82 Å². The highest BCUT2D eigenvalue weighted by Gasteiger charge is 2.43. The van der Waals surface area contributed by atoms with Crippen molar-refractivity contribution < 1.29 is 14.3 Å². The van der Waals surface area contributed by atoms with Crippen molar-refractivity contribution in [1.29, 1.82) is 0 Å². The van der Waals surface area contributed by atoms with Gasteiger partial charge in [-0.05, 0) is 39.5 Å². The molecule has 4 rings (SSSR count). The summed E-state index contributed by atoms with van der Waals surface area (Å²) in [5.41, 5.74) is 5.80. The summed E-state index contributed by atoms with van der Waals surface area (Å²) in [5.74, 6) is 1.06. The number of hydrogen-bond acceptors (Lipinski definition) is 6. The third kappa shape index (κ3) is 2.18. The van der Waals surface area contributed by atoms with Crippen molar-refractivity contribution >= 4 is 22.8 Å². The molecule has 0 radical (unpaired) electrons. The van der Waals surface area contributed by atoms with E-state index in [1.54, 1.807) is 6.92 Å². The maximum atomic E-state index is 11.9. The zero-order valence-corrected chi connectivity index (χ0v) is 14.0. The maximum absolute atomic E-state index is 11.9. The summed E-state index contributed by atoms with van der Waals surface area (Å²) in [6.07, 6.45) is 4.84. The lowest BCUT2D eigenvalue weighted by atomic mass is 9.68. The van der Waals surface area contributed by atoms with E-state index in [2.05, 4.69) is 17.2 Å². The molecule has 0 saturated heterocycles. The number of hydrogen-bond donors (Lipinski definition) is 3. The second-order valence-corrected chi connectivity index (χ2v) is 7.45. The summed E-state index contributed by atoms with van der Waals surface area (Å²) in [4.78, 5) is 21.1. The predicted molar refractivity (Wildman–Crippen MR) is 88.9 cm³/mol. The van der Waals surface area contributed by atoms with Crippen molar-refractivity contribution in [1.82, 2.24) is 9.97 Å². The average molecular weight is 330 g/mol. The van der Waals surface area contributed by atoms with Crippen molar-refractivity contribution in [2.75, 3.05) is 11.9 Å². The molecule has 0 aliphatic heterocycles. The van der Waals surface area contributed by atoms with Crippen molar-refractivity contribution in [3.8, 4) is 0 Å². The molecule has 7 nitrogen and oxygen atoms in total. The zero-order valence-electron chi connectivity index (χ0n) is 14.0. The number of primary amides is 1. The quantitative estimate of drug-likeness (QED) is 0.772. The first kappa shape index (κ1) is 15.4. The van der Waals surface area contributed by atoms with E-state index in [0.29, 0.717) is 34.1 Å². The Morgan fingerprint density at radius 2 is 2.04 bits per heavy atom. The van der Waals surface area contributed by atoms with Gasteiger partial charge in [0.05, 0.1) is 23.0 Å². The summed E-state index contributed by atoms with van der Waals surface area (Å²) in [5, 5.41) is 13.8. The molecule has 2 saturated carbocycles. The van der Waals surface area contributed by atoms with Gasteiger partial charge in [0.2, 0.25) is 5.71 Å². The highest BCUT2D eigenvalue weighted by atomic mass is 16.3. The number of nitrogens with zero attached hydrogens (tertiary/aromatic N) is 2. The van der Waals surface area contributed by atoms with Gasteiger partial charge < -0.3 is 20.6 Å². The van der Waals surface area contributed by atoms with Gasteiger partial charge in [0.15, 0.2) is 0 Å². The number of fused-ring (bicyclic) bond motifs is 1. The molecule has 2 aromatic heterocycles. The molecule has 7 heteroatoms. The van der Waals surface area contributed by atoms with Crippen molar-refractivity contribution in [2.45, 2.75) is 56.9 Å². The zero-order chi connectivity index (χ0) is 17.1. The van der Waals surface area contributed by atoms with Crippen LogP contribution in [0.1, 0.15) is 61.0 Å². The van der Waals surface area contributed by atoms with Crippen LogP contribution in [0.5, 0.6) is 0 Å². The Morgan fingerprint density at radius 3 is 2.54 bits per heavy atom. The third-order valence-electron chi connectivity index (χ3n) is 5.48. The molecule has 0 bridgehead atoms. The van der Waals surface area contributed by atoms with Gasteiger partial charge in [-0.25, -0.2) is 4.98 Å². The minimum atomic E-state index is -0.549. The molecule has 24 heavy (non-hydrogen) atoms. The molecule has 1 amide bonds. The first-order valence-corrected chi connectivity index (χ1v) is 8.38. The topological polar surface area (TPSA) is 114 Å². The van der Waals surface area contributed by atoms with E-state index in [4.69, 9.17) is 15.1 Å². The van der Waals surface area contributed by atoms with Gasteiger partial charge in [0, 0.05) is 5.54 Å². The summed E-state index contributed by atoms with van der Waals surface area (Å²) in [7, 11) is 0. The number of furan rings is 1. The highest BCUT2D eigenvalue weighted by Crippen LogP contribution is 2.45. The van der Waals surface area contributed by atoms with E-state index in [1.807, 2.05) is 0 Å². The molecule has 2 aliphatic rings. The summed E-state index contributed by atoms with van der Waals surface area (Å²) >= 11 is 0. The van der Waals surface area contributed by atoms with Crippen LogP contribution in [0.3, 0.4) is 0 Å². The summed E-state index contributed by atoms with van der Waals surface area (Å²) < 4.78 is 5.71. The molecule has 0 spiro atoms. The van der Waals surface area contributed by atoms with E-state index in [9.17, 15) is 9.90 Å². The lowest BCUT2D eigenvalue weighted by Crippen LogP contribution is -2.40. The van der Waals surface area contributed by atoms with Crippen LogP contribution in [-0.2, 0) is 5.41 Å².